The van der Waals surface area contributed by atoms with Crippen molar-refractivity contribution in [2.75, 3.05) is 25.0 Å². The molecule has 2 heterocycles. The van der Waals surface area contributed by atoms with Crippen molar-refractivity contribution in [2.45, 2.75) is 39.2 Å². The summed E-state index contributed by atoms with van der Waals surface area (Å²) in [4.78, 5) is 14.4. The predicted molar refractivity (Wildman–Crippen MR) is 79.9 cm³/mol. The Kier molecular flexibility index (Phi) is 5.00. The molecule has 6 nitrogen and oxygen atoms in total. The van der Waals surface area contributed by atoms with E-state index in [1.54, 1.807) is 4.68 Å². The molecular formula is C14H25N5O. The van der Waals surface area contributed by atoms with E-state index in [4.69, 9.17) is 0 Å². The molecule has 0 spiro atoms. The molecule has 1 aliphatic rings. The normalized spacial score (nSPS) is 17.1. The Morgan fingerprint density at radius 1 is 1.45 bits per heavy atom. The average Bonchev–Trinajstić information content (AvgIpc) is 3.01. The molecule has 1 saturated heterocycles. The molecule has 0 aliphatic carbocycles. The van der Waals surface area contributed by atoms with Gasteiger partial charge in [0.25, 0.3) is 0 Å². The number of hydrogen-bond donors (Lipinski definition) is 2. The maximum Gasteiger partial charge on any atom is 0.320 e. The Bertz CT molecular complexity index is 450. The van der Waals surface area contributed by atoms with Gasteiger partial charge in [0, 0.05) is 25.7 Å². The highest BCUT2D eigenvalue weighted by molar-refractivity contribution is 5.88. The molecule has 1 unspecified atom stereocenters. The third-order valence-corrected chi connectivity index (χ3v) is 3.87. The van der Waals surface area contributed by atoms with Crippen molar-refractivity contribution in [3.05, 3.63) is 11.8 Å². The third kappa shape index (κ3) is 3.72. The monoisotopic (exact) mass is 279 g/mol. The quantitative estimate of drug-likeness (QED) is 0.863. The SMILES string of the molecule is CCC(CNC(=O)Nc1cc(C)nn1C)N1CCCC1. The molecule has 1 fully saturated rings. The lowest BCUT2D eigenvalue weighted by Gasteiger charge is -2.26. The van der Waals surface area contributed by atoms with E-state index in [2.05, 4.69) is 27.6 Å². The van der Waals surface area contributed by atoms with Gasteiger partial charge in [0.2, 0.25) is 0 Å². The van der Waals surface area contributed by atoms with E-state index in [1.165, 1.54) is 12.8 Å². The second-order valence-corrected chi connectivity index (χ2v) is 5.43. The zero-order chi connectivity index (χ0) is 14.5. The Morgan fingerprint density at radius 2 is 2.15 bits per heavy atom. The van der Waals surface area contributed by atoms with Gasteiger partial charge in [-0.2, -0.15) is 5.10 Å². The van der Waals surface area contributed by atoms with Gasteiger partial charge in [0.05, 0.1) is 5.69 Å². The maximum atomic E-state index is 11.9. The molecule has 112 valence electrons. The molecule has 2 rings (SSSR count). The van der Waals surface area contributed by atoms with E-state index < -0.39 is 0 Å². The first-order chi connectivity index (χ1) is 9.60. The van der Waals surface area contributed by atoms with Gasteiger partial charge < -0.3 is 5.32 Å². The second kappa shape index (κ2) is 6.74. The zero-order valence-electron chi connectivity index (χ0n) is 12.6. The van der Waals surface area contributed by atoms with Crippen LogP contribution < -0.4 is 10.6 Å². The van der Waals surface area contributed by atoms with Crippen LogP contribution in [0.15, 0.2) is 6.07 Å². The van der Waals surface area contributed by atoms with Gasteiger partial charge in [-0.05, 0) is 39.3 Å². The number of nitrogens with one attached hydrogen (secondary N) is 2. The highest BCUT2D eigenvalue weighted by Gasteiger charge is 2.20. The second-order valence-electron chi connectivity index (χ2n) is 5.43. The van der Waals surface area contributed by atoms with E-state index in [1.807, 2.05) is 20.0 Å². The van der Waals surface area contributed by atoms with Crippen LogP contribution in [0.3, 0.4) is 0 Å². The first-order valence-corrected chi connectivity index (χ1v) is 7.39. The van der Waals surface area contributed by atoms with Gasteiger partial charge in [-0.15, -0.1) is 0 Å². The molecular weight excluding hydrogens is 254 g/mol. The van der Waals surface area contributed by atoms with E-state index in [9.17, 15) is 4.79 Å². The minimum Gasteiger partial charge on any atom is -0.336 e. The zero-order valence-corrected chi connectivity index (χ0v) is 12.6. The van der Waals surface area contributed by atoms with E-state index >= 15 is 0 Å². The van der Waals surface area contributed by atoms with Crippen molar-refractivity contribution in [1.29, 1.82) is 0 Å². The number of amides is 2. The number of urea groups is 1. The standard InChI is InChI=1S/C14H25N5O/c1-4-12(19-7-5-6-8-19)10-15-14(20)16-13-9-11(2)17-18(13)3/h9,12H,4-8,10H2,1-3H3,(H2,15,16,20). The minimum atomic E-state index is -0.161. The van der Waals surface area contributed by atoms with Crippen molar-refractivity contribution in [1.82, 2.24) is 20.0 Å². The number of aromatic nitrogens is 2. The number of anilines is 1. The van der Waals surface area contributed by atoms with Crippen molar-refractivity contribution in [3.8, 4) is 0 Å². The van der Waals surface area contributed by atoms with Crippen molar-refractivity contribution in [2.24, 2.45) is 7.05 Å². The van der Waals surface area contributed by atoms with Gasteiger partial charge in [-0.25, -0.2) is 4.79 Å². The maximum absolute atomic E-state index is 11.9. The van der Waals surface area contributed by atoms with Gasteiger partial charge in [0.15, 0.2) is 0 Å². The molecule has 1 atom stereocenters. The fraction of sp³-hybridized carbons (Fsp3) is 0.714. The van der Waals surface area contributed by atoms with Gasteiger partial charge >= 0.3 is 6.03 Å². The van der Waals surface area contributed by atoms with Crippen LogP contribution in [0, 0.1) is 6.92 Å². The lowest BCUT2D eigenvalue weighted by Crippen LogP contribution is -2.43. The average molecular weight is 279 g/mol. The molecule has 0 radical (unpaired) electrons. The fourth-order valence-corrected chi connectivity index (χ4v) is 2.74. The molecule has 2 N–H and O–H groups in total. The molecule has 1 aliphatic heterocycles. The van der Waals surface area contributed by atoms with Gasteiger partial charge in [-0.1, -0.05) is 6.92 Å². The van der Waals surface area contributed by atoms with Crippen LogP contribution in [0.2, 0.25) is 0 Å². The molecule has 1 aromatic rings. The first kappa shape index (κ1) is 14.8. The summed E-state index contributed by atoms with van der Waals surface area (Å²) in [6.45, 7) is 7.08. The summed E-state index contributed by atoms with van der Waals surface area (Å²) >= 11 is 0. The highest BCUT2D eigenvalue weighted by Crippen LogP contribution is 2.13. The molecule has 1 aromatic heterocycles. The number of hydrogen-bond acceptors (Lipinski definition) is 3. The molecule has 0 aromatic carbocycles. The summed E-state index contributed by atoms with van der Waals surface area (Å²) in [7, 11) is 1.82. The van der Waals surface area contributed by atoms with Crippen LogP contribution in [0.5, 0.6) is 0 Å². The van der Waals surface area contributed by atoms with Crippen LogP contribution in [-0.4, -0.2) is 46.4 Å². The summed E-state index contributed by atoms with van der Waals surface area (Å²) in [5.41, 5.74) is 0.895. The molecule has 6 heteroatoms. The molecule has 0 saturated carbocycles. The van der Waals surface area contributed by atoms with Gasteiger partial charge in [-0.3, -0.25) is 14.9 Å². The first-order valence-electron chi connectivity index (χ1n) is 7.39. The lowest BCUT2D eigenvalue weighted by atomic mass is 10.2. The Hall–Kier alpha value is -1.56. The van der Waals surface area contributed by atoms with E-state index in [-0.39, 0.29) is 6.03 Å². The topological polar surface area (TPSA) is 62.2 Å². The van der Waals surface area contributed by atoms with Crippen molar-refractivity contribution >= 4 is 11.8 Å². The Morgan fingerprint density at radius 3 is 2.70 bits per heavy atom. The number of carbonyl (C=O) groups is 1. The largest absolute Gasteiger partial charge is 0.336 e. The number of nitrogens with zero attached hydrogens (tertiary/aromatic N) is 3. The van der Waals surface area contributed by atoms with Crippen LogP contribution in [0.25, 0.3) is 0 Å². The van der Waals surface area contributed by atoms with Crippen LogP contribution in [0.4, 0.5) is 10.6 Å². The minimum absolute atomic E-state index is 0.161. The van der Waals surface area contributed by atoms with Crippen molar-refractivity contribution < 1.29 is 4.79 Å². The third-order valence-electron chi connectivity index (χ3n) is 3.87. The summed E-state index contributed by atoms with van der Waals surface area (Å²) in [5.74, 6) is 0.717. The molecule has 0 bridgehead atoms. The summed E-state index contributed by atoms with van der Waals surface area (Å²) in [6, 6.07) is 2.14. The van der Waals surface area contributed by atoms with Crippen LogP contribution in [-0.2, 0) is 7.05 Å². The summed E-state index contributed by atoms with van der Waals surface area (Å²) in [5, 5.41) is 10.0. The predicted octanol–water partition coefficient (Wildman–Crippen LogP) is 1.72. The smallest absolute Gasteiger partial charge is 0.320 e. The Balaban J connectivity index is 1.80. The van der Waals surface area contributed by atoms with Crippen LogP contribution in [0.1, 0.15) is 31.9 Å². The van der Waals surface area contributed by atoms with E-state index in [0.29, 0.717) is 18.4 Å². The number of carbonyl (C=O) groups excluding carboxylic acids is 1. The summed E-state index contributed by atoms with van der Waals surface area (Å²) < 4.78 is 1.67. The number of aryl methyl sites for hydroxylation is 2. The molecule has 2 amide bonds. The van der Waals surface area contributed by atoms with Gasteiger partial charge in [0.1, 0.15) is 5.82 Å². The van der Waals surface area contributed by atoms with E-state index in [0.717, 1.165) is 25.2 Å². The molecule has 20 heavy (non-hydrogen) atoms. The summed E-state index contributed by atoms with van der Waals surface area (Å²) in [6.07, 6.45) is 3.61. The van der Waals surface area contributed by atoms with Crippen LogP contribution >= 0.6 is 0 Å². The fourth-order valence-electron chi connectivity index (χ4n) is 2.74. The lowest BCUT2D eigenvalue weighted by molar-refractivity contribution is 0.222. The number of likely N-dealkylation sites (tertiary alicyclic amines) is 1. The Labute approximate surface area is 120 Å². The number of rotatable bonds is 5. The highest BCUT2D eigenvalue weighted by atomic mass is 16.2. The van der Waals surface area contributed by atoms with Crippen molar-refractivity contribution in [3.63, 3.8) is 0 Å².